The van der Waals surface area contributed by atoms with Crippen molar-refractivity contribution in [2.24, 2.45) is 0 Å². The molecule has 4 nitrogen and oxygen atoms in total. The lowest BCUT2D eigenvalue weighted by Crippen LogP contribution is -2.26. The SMILES string of the molecule is CC(C)OCCC(O)NO. The lowest BCUT2D eigenvalue weighted by molar-refractivity contribution is -0.0267. The van der Waals surface area contributed by atoms with Gasteiger partial charge >= 0.3 is 0 Å². The fourth-order valence-electron chi connectivity index (χ4n) is 0.480. The molecule has 10 heavy (non-hydrogen) atoms. The zero-order valence-corrected chi connectivity index (χ0v) is 6.37. The van der Waals surface area contributed by atoms with Crippen molar-refractivity contribution in [3.05, 3.63) is 0 Å². The quantitative estimate of drug-likeness (QED) is 0.383. The minimum Gasteiger partial charge on any atom is -0.379 e. The van der Waals surface area contributed by atoms with E-state index >= 15 is 0 Å². The molecule has 0 amide bonds. The number of hydrogen-bond acceptors (Lipinski definition) is 4. The second kappa shape index (κ2) is 5.61. The van der Waals surface area contributed by atoms with Crippen LogP contribution in [0.15, 0.2) is 0 Å². The number of rotatable bonds is 5. The summed E-state index contributed by atoms with van der Waals surface area (Å²) in [6.07, 6.45) is -0.307. The van der Waals surface area contributed by atoms with Crippen LogP contribution in [-0.4, -0.2) is 29.3 Å². The van der Waals surface area contributed by atoms with Crippen molar-refractivity contribution in [3.63, 3.8) is 0 Å². The summed E-state index contributed by atoms with van der Waals surface area (Å²) in [6.45, 7) is 4.28. The summed E-state index contributed by atoms with van der Waals surface area (Å²) in [6, 6.07) is 0. The number of ether oxygens (including phenoxy) is 1. The third-order valence-corrected chi connectivity index (χ3v) is 0.991. The Bertz CT molecular complexity index is 77.4. The summed E-state index contributed by atoms with van der Waals surface area (Å²) in [5.41, 5.74) is 1.71. The first kappa shape index (κ1) is 9.84. The van der Waals surface area contributed by atoms with E-state index in [2.05, 4.69) is 0 Å². The van der Waals surface area contributed by atoms with Crippen LogP contribution in [0.3, 0.4) is 0 Å². The normalized spacial score (nSPS) is 14.1. The number of aliphatic hydroxyl groups excluding tert-OH is 1. The molecule has 0 aromatic carbocycles. The van der Waals surface area contributed by atoms with E-state index in [4.69, 9.17) is 15.1 Å². The number of nitrogens with one attached hydrogen (secondary N) is 1. The Kier molecular flexibility index (Phi) is 5.52. The average Bonchev–Trinajstić information content (AvgIpc) is 1.87. The van der Waals surface area contributed by atoms with Gasteiger partial charge in [-0.15, -0.1) is 0 Å². The Morgan fingerprint density at radius 3 is 2.50 bits per heavy atom. The Labute approximate surface area is 60.8 Å². The Hall–Kier alpha value is -0.160. The van der Waals surface area contributed by atoms with E-state index in [0.29, 0.717) is 13.0 Å². The topological polar surface area (TPSA) is 61.7 Å². The molecule has 1 unspecified atom stereocenters. The molecule has 0 radical (unpaired) electrons. The summed E-state index contributed by atoms with van der Waals surface area (Å²) in [4.78, 5) is 0. The molecule has 1 atom stereocenters. The maximum atomic E-state index is 8.73. The van der Waals surface area contributed by atoms with Crippen LogP contribution in [-0.2, 0) is 4.74 Å². The van der Waals surface area contributed by atoms with E-state index in [-0.39, 0.29) is 6.10 Å². The Morgan fingerprint density at radius 2 is 2.10 bits per heavy atom. The van der Waals surface area contributed by atoms with Crippen molar-refractivity contribution in [2.45, 2.75) is 32.6 Å². The molecule has 0 aliphatic carbocycles. The number of hydroxylamine groups is 1. The van der Waals surface area contributed by atoms with Crippen molar-refractivity contribution in [1.29, 1.82) is 0 Å². The van der Waals surface area contributed by atoms with E-state index in [1.165, 1.54) is 0 Å². The Balaban J connectivity index is 3.03. The molecule has 0 fully saturated rings. The molecule has 0 aliphatic heterocycles. The van der Waals surface area contributed by atoms with Gasteiger partial charge in [0.25, 0.3) is 0 Å². The molecular formula is C6H15NO3. The summed E-state index contributed by atoms with van der Waals surface area (Å²) >= 11 is 0. The van der Waals surface area contributed by atoms with Gasteiger partial charge in [0.2, 0.25) is 0 Å². The summed E-state index contributed by atoms with van der Waals surface area (Å²) in [5, 5.41) is 16.9. The lowest BCUT2D eigenvalue weighted by atomic mass is 10.4. The number of hydrogen-bond donors (Lipinski definition) is 3. The largest absolute Gasteiger partial charge is 0.379 e. The van der Waals surface area contributed by atoms with Gasteiger partial charge in [-0.05, 0) is 13.8 Å². The molecule has 0 saturated heterocycles. The first-order chi connectivity index (χ1) is 4.66. The van der Waals surface area contributed by atoms with Crippen LogP contribution < -0.4 is 5.48 Å². The van der Waals surface area contributed by atoms with Gasteiger partial charge in [0.05, 0.1) is 12.7 Å². The maximum Gasteiger partial charge on any atom is 0.129 e. The maximum absolute atomic E-state index is 8.73. The van der Waals surface area contributed by atoms with Gasteiger partial charge in [-0.2, -0.15) is 5.48 Å². The predicted octanol–water partition coefficient (Wildman–Crippen LogP) is 0.0987. The summed E-state index contributed by atoms with van der Waals surface area (Å²) < 4.78 is 5.10. The highest BCUT2D eigenvalue weighted by Gasteiger charge is 2.00. The predicted molar refractivity (Wildman–Crippen MR) is 36.6 cm³/mol. The smallest absolute Gasteiger partial charge is 0.129 e. The molecule has 3 N–H and O–H groups in total. The van der Waals surface area contributed by atoms with Gasteiger partial charge in [0, 0.05) is 6.42 Å². The van der Waals surface area contributed by atoms with E-state index in [9.17, 15) is 0 Å². The third kappa shape index (κ3) is 5.97. The molecule has 0 rings (SSSR count). The van der Waals surface area contributed by atoms with E-state index in [1.54, 1.807) is 5.48 Å². The van der Waals surface area contributed by atoms with Gasteiger partial charge in [-0.3, -0.25) is 0 Å². The Morgan fingerprint density at radius 1 is 1.50 bits per heavy atom. The highest BCUT2D eigenvalue weighted by Crippen LogP contribution is 1.92. The van der Waals surface area contributed by atoms with Crippen molar-refractivity contribution < 1.29 is 15.1 Å². The van der Waals surface area contributed by atoms with E-state index in [0.717, 1.165) is 0 Å². The van der Waals surface area contributed by atoms with Crippen LogP contribution in [0.2, 0.25) is 0 Å². The molecular weight excluding hydrogens is 134 g/mol. The lowest BCUT2D eigenvalue weighted by Gasteiger charge is -2.10. The van der Waals surface area contributed by atoms with Crippen molar-refractivity contribution in [2.75, 3.05) is 6.61 Å². The van der Waals surface area contributed by atoms with Gasteiger partial charge < -0.3 is 15.1 Å². The fourth-order valence-corrected chi connectivity index (χ4v) is 0.480. The number of aliphatic hydroxyl groups is 1. The van der Waals surface area contributed by atoms with Gasteiger partial charge in [-0.25, -0.2) is 0 Å². The van der Waals surface area contributed by atoms with Crippen molar-refractivity contribution in [3.8, 4) is 0 Å². The fraction of sp³-hybridized carbons (Fsp3) is 1.00. The molecule has 4 heteroatoms. The molecule has 0 saturated carbocycles. The molecule has 0 aliphatic rings. The van der Waals surface area contributed by atoms with Crippen LogP contribution in [0.5, 0.6) is 0 Å². The van der Waals surface area contributed by atoms with Gasteiger partial charge in [-0.1, -0.05) is 0 Å². The first-order valence-electron chi connectivity index (χ1n) is 3.36. The molecule has 0 aromatic heterocycles. The summed E-state index contributed by atoms with van der Waals surface area (Å²) in [5.74, 6) is 0. The molecule has 62 valence electrons. The van der Waals surface area contributed by atoms with Crippen LogP contribution in [0.25, 0.3) is 0 Å². The second-order valence-corrected chi connectivity index (χ2v) is 2.35. The average molecular weight is 149 g/mol. The minimum absolute atomic E-state index is 0.172. The van der Waals surface area contributed by atoms with E-state index < -0.39 is 6.23 Å². The monoisotopic (exact) mass is 149 g/mol. The molecule has 0 heterocycles. The van der Waals surface area contributed by atoms with Crippen molar-refractivity contribution >= 4 is 0 Å². The minimum atomic E-state index is -0.876. The summed E-state index contributed by atoms with van der Waals surface area (Å²) in [7, 11) is 0. The van der Waals surface area contributed by atoms with Crippen molar-refractivity contribution in [1.82, 2.24) is 5.48 Å². The van der Waals surface area contributed by atoms with Gasteiger partial charge in [0.1, 0.15) is 6.23 Å². The van der Waals surface area contributed by atoms with Crippen LogP contribution >= 0.6 is 0 Å². The zero-order chi connectivity index (χ0) is 7.98. The van der Waals surface area contributed by atoms with Crippen LogP contribution in [0.1, 0.15) is 20.3 Å². The molecule has 0 spiro atoms. The first-order valence-corrected chi connectivity index (χ1v) is 3.36. The van der Waals surface area contributed by atoms with Crippen LogP contribution in [0, 0.1) is 0 Å². The third-order valence-electron chi connectivity index (χ3n) is 0.991. The van der Waals surface area contributed by atoms with E-state index in [1.807, 2.05) is 13.8 Å². The highest BCUT2D eigenvalue weighted by molar-refractivity contribution is 4.45. The second-order valence-electron chi connectivity index (χ2n) is 2.35. The standard InChI is InChI=1S/C6H15NO3/c1-5(2)10-4-3-6(8)7-9/h5-9H,3-4H2,1-2H3. The molecule has 0 aromatic rings. The zero-order valence-electron chi connectivity index (χ0n) is 6.37. The molecule has 0 bridgehead atoms. The van der Waals surface area contributed by atoms with Gasteiger partial charge in [0.15, 0.2) is 0 Å². The highest BCUT2D eigenvalue weighted by atomic mass is 16.5. The van der Waals surface area contributed by atoms with Crippen LogP contribution in [0.4, 0.5) is 0 Å².